The Labute approximate surface area is 194 Å². The lowest BCUT2D eigenvalue weighted by atomic mass is 10.0. The molecule has 3 aromatic rings. The second kappa shape index (κ2) is 8.86. The van der Waals surface area contributed by atoms with E-state index in [1.54, 1.807) is 60.7 Å². The Morgan fingerprint density at radius 2 is 1.19 bits per heavy atom. The zero-order chi connectivity index (χ0) is 22.8. The molecular formula is C24H16Cl2N2O4. The van der Waals surface area contributed by atoms with Crippen LogP contribution in [0.4, 0.5) is 16.2 Å². The Kier molecular flexibility index (Phi) is 5.99. The normalized spacial score (nSPS) is 14.1. The second-order valence-electron chi connectivity index (χ2n) is 6.81. The number of nitrogens with zero attached hydrogens (tertiary/aromatic N) is 2. The van der Waals surface area contributed by atoms with E-state index in [0.717, 1.165) is 9.80 Å². The van der Waals surface area contributed by atoms with E-state index in [0.29, 0.717) is 16.9 Å². The Morgan fingerprint density at radius 1 is 0.750 bits per heavy atom. The van der Waals surface area contributed by atoms with Crippen molar-refractivity contribution in [3.8, 4) is 5.75 Å². The molecule has 0 aromatic heterocycles. The minimum atomic E-state index is -0.764. The molecule has 0 N–H and O–H groups in total. The second-order valence-corrected chi connectivity index (χ2v) is 7.63. The first-order valence-electron chi connectivity index (χ1n) is 9.50. The van der Waals surface area contributed by atoms with Crippen LogP contribution in [0.2, 0.25) is 10.0 Å². The number of carbonyl (C=O) groups excluding carboxylic acids is 3. The van der Waals surface area contributed by atoms with Gasteiger partial charge in [-0.1, -0.05) is 59.6 Å². The van der Waals surface area contributed by atoms with Gasteiger partial charge < -0.3 is 4.74 Å². The molecule has 4 rings (SSSR count). The van der Waals surface area contributed by atoms with Gasteiger partial charge in [0.1, 0.15) is 5.57 Å². The summed E-state index contributed by atoms with van der Waals surface area (Å²) in [5.41, 5.74) is 0.878. The first kappa shape index (κ1) is 21.6. The van der Waals surface area contributed by atoms with E-state index in [1.165, 1.54) is 25.3 Å². The van der Waals surface area contributed by atoms with Crippen LogP contribution in [0.5, 0.6) is 5.75 Å². The van der Waals surface area contributed by atoms with Crippen LogP contribution in [0.25, 0.3) is 6.08 Å². The number of barbiturate groups is 1. The third kappa shape index (κ3) is 3.86. The summed E-state index contributed by atoms with van der Waals surface area (Å²) in [6.45, 7) is 0. The van der Waals surface area contributed by atoms with Gasteiger partial charge in [-0.05, 0) is 48.0 Å². The average molecular weight is 467 g/mol. The quantitative estimate of drug-likeness (QED) is 0.371. The molecule has 1 aliphatic heterocycles. The van der Waals surface area contributed by atoms with Crippen molar-refractivity contribution in [2.24, 2.45) is 0 Å². The van der Waals surface area contributed by atoms with Gasteiger partial charge in [-0.25, -0.2) is 14.6 Å². The van der Waals surface area contributed by atoms with E-state index >= 15 is 0 Å². The van der Waals surface area contributed by atoms with Crippen LogP contribution in [0.1, 0.15) is 5.56 Å². The van der Waals surface area contributed by atoms with Gasteiger partial charge in [-0.3, -0.25) is 9.59 Å². The molecule has 8 heteroatoms. The lowest BCUT2D eigenvalue weighted by Crippen LogP contribution is -2.57. The molecule has 160 valence electrons. The van der Waals surface area contributed by atoms with Crippen molar-refractivity contribution >= 4 is 58.5 Å². The monoisotopic (exact) mass is 466 g/mol. The molecule has 0 unspecified atom stereocenters. The SMILES string of the molecule is COc1c(Cl)cc(C=C2C(=O)N(c3ccccc3)C(=O)N(c3ccccc3)C2=O)cc1Cl. The molecule has 0 spiro atoms. The molecule has 1 saturated heterocycles. The van der Waals surface area contributed by atoms with E-state index in [2.05, 4.69) is 0 Å². The summed E-state index contributed by atoms with van der Waals surface area (Å²) in [5.74, 6) is -1.22. The highest BCUT2D eigenvalue weighted by molar-refractivity contribution is 6.46. The van der Waals surface area contributed by atoms with Crippen molar-refractivity contribution in [2.75, 3.05) is 16.9 Å². The summed E-state index contributed by atoms with van der Waals surface area (Å²) in [5, 5.41) is 0.442. The summed E-state index contributed by atoms with van der Waals surface area (Å²) < 4.78 is 5.15. The summed E-state index contributed by atoms with van der Waals surface area (Å²) in [4.78, 5) is 41.8. The van der Waals surface area contributed by atoms with Crippen LogP contribution < -0.4 is 14.5 Å². The topological polar surface area (TPSA) is 66.9 Å². The molecule has 0 saturated carbocycles. The van der Waals surface area contributed by atoms with Crippen molar-refractivity contribution < 1.29 is 19.1 Å². The van der Waals surface area contributed by atoms with Gasteiger partial charge in [0.25, 0.3) is 11.8 Å². The molecule has 1 fully saturated rings. The summed E-state index contributed by atoms with van der Waals surface area (Å²) in [6, 6.07) is 19.1. The predicted molar refractivity (Wildman–Crippen MR) is 124 cm³/mol. The lowest BCUT2D eigenvalue weighted by Gasteiger charge is -2.33. The first-order valence-corrected chi connectivity index (χ1v) is 10.3. The fourth-order valence-electron chi connectivity index (χ4n) is 3.36. The maximum absolute atomic E-state index is 13.3. The molecule has 0 bridgehead atoms. The number of rotatable bonds is 4. The number of hydrogen-bond acceptors (Lipinski definition) is 4. The zero-order valence-corrected chi connectivity index (χ0v) is 18.3. The maximum atomic E-state index is 13.3. The van der Waals surface area contributed by atoms with Crippen molar-refractivity contribution in [2.45, 2.75) is 0 Å². The van der Waals surface area contributed by atoms with Gasteiger partial charge in [-0.2, -0.15) is 0 Å². The standard InChI is InChI=1S/C24H16Cl2N2O4/c1-32-21-19(25)13-15(14-20(21)26)12-18-22(29)27(16-8-4-2-5-9-16)24(31)28(23(18)30)17-10-6-3-7-11-17/h2-14H,1H3. The van der Waals surface area contributed by atoms with Gasteiger partial charge >= 0.3 is 6.03 Å². The maximum Gasteiger partial charge on any atom is 0.343 e. The number of hydrogen-bond donors (Lipinski definition) is 0. The van der Waals surface area contributed by atoms with Crippen LogP contribution in [0.3, 0.4) is 0 Å². The number of urea groups is 1. The molecule has 1 heterocycles. The van der Waals surface area contributed by atoms with Crippen molar-refractivity contribution in [1.29, 1.82) is 0 Å². The molecule has 6 nitrogen and oxygen atoms in total. The minimum absolute atomic E-state index is 0.213. The van der Waals surface area contributed by atoms with Crippen molar-refractivity contribution in [3.63, 3.8) is 0 Å². The molecule has 1 aliphatic rings. The Hall–Kier alpha value is -3.61. The highest BCUT2D eigenvalue weighted by atomic mass is 35.5. The Morgan fingerprint density at radius 3 is 1.59 bits per heavy atom. The number of ether oxygens (including phenoxy) is 1. The highest BCUT2D eigenvalue weighted by Crippen LogP contribution is 2.35. The molecule has 0 atom stereocenters. The largest absolute Gasteiger partial charge is 0.494 e. The summed E-state index contributed by atoms with van der Waals surface area (Å²) in [7, 11) is 1.43. The number of imide groups is 2. The fraction of sp³-hybridized carbons (Fsp3) is 0.0417. The number of anilines is 2. The number of amides is 4. The van der Waals surface area contributed by atoms with E-state index in [1.807, 2.05) is 0 Å². The van der Waals surface area contributed by atoms with Crippen LogP contribution in [-0.2, 0) is 9.59 Å². The van der Waals surface area contributed by atoms with Crippen molar-refractivity contribution in [3.05, 3.63) is 94.0 Å². The van der Waals surface area contributed by atoms with Crippen molar-refractivity contribution in [1.82, 2.24) is 0 Å². The number of carbonyl (C=O) groups is 3. The Bertz CT molecular complexity index is 1160. The lowest BCUT2D eigenvalue weighted by molar-refractivity contribution is -0.121. The van der Waals surface area contributed by atoms with Gasteiger partial charge in [0.15, 0.2) is 5.75 Å². The van der Waals surface area contributed by atoms with Gasteiger partial charge in [0.2, 0.25) is 0 Å². The van der Waals surface area contributed by atoms with Crippen LogP contribution in [-0.4, -0.2) is 25.0 Å². The summed E-state index contributed by atoms with van der Waals surface area (Å²) in [6.07, 6.45) is 1.36. The smallest absolute Gasteiger partial charge is 0.343 e. The molecule has 4 amide bonds. The first-order chi connectivity index (χ1) is 15.4. The third-order valence-corrected chi connectivity index (χ3v) is 5.38. The summed E-state index contributed by atoms with van der Waals surface area (Å²) >= 11 is 12.4. The van der Waals surface area contributed by atoms with Gasteiger partial charge in [-0.15, -0.1) is 0 Å². The van der Waals surface area contributed by atoms with Crippen LogP contribution >= 0.6 is 23.2 Å². The molecule has 32 heavy (non-hydrogen) atoms. The number of benzene rings is 3. The molecule has 0 radical (unpaired) electrons. The van der Waals surface area contributed by atoms with E-state index in [4.69, 9.17) is 27.9 Å². The van der Waals surface area contributed by atoms with Crippen LogP contribution in [0, 0.1) is 0 Å². The number of methoxy groups -OCH3 is 1. The Balaban J connectivity index is 1.87. The van der Waals surface area contributed by atoms with Gasteiger partial charge in [0.05, 0.1) is 28.5 Å². The zero-order valence-electron chi connectivity index (χ0n) is 16.8. The van der Waals surface area contributed by atoms with E-state index in [-0.39, 0.29) is 21.4 Å². The molecular weight excluding hydrogens is 451 g/mol. The predicted octanol–water partition coefficient (Wildman–Crippen LogP) is 5.59. The number of halogens is 2. The average Bonchev–Trinajstić information content (AvgIpc) is 2.78. The number of para-hydroxylation sites is 2. The van der Waals surface area contributed by atoms with Gasteiger partial charge in [0, 0.05) is 0 Å². The highest BCUT2D eigenvalue weighted by Gasteiger charge is 2.43. The third-order valence-electron chi connectivity index (χ3n) is 4.81. The van der Waals surface area contributed by atoms with Crippen LogP contribution in [0.15, 0.2) is 78.4 Å². The van der Waals surface area contributed by atoms with E-state index < -0.39 is 17.8 Å². The minimum Gasteiger partial charge on any atom is -0.494 e. The molecule has 0 aliphatic carbocycles. The fourth-order valence-corrected chi connectivity index (χ4v) is 4.02. The molecule has 3 aromatic carbocycles. The van der Waals surface area contributed by atoms with E-state index in [9.17, 15) is 14.4 Å².